The number of nitrogens with zero attached hydrogens (tertiary/aromatic N) is 2. The first-order chi connectivity index (χ1) is 8.72. The minimum Gasteiger partial charge on any atom is -0.492 e. The molecule has 4 nitrogen and oxygen atoms in total. The molecule has 1 N–H and O–H groups in total. The van der Waals surface area contributed by atoms with E-state index in [1.54, 1.807) is 0 Å². The first-order valence-electron chi connectivity index (χ1n) is 6.18. The highest BCUT2D eigenvalue weighted by Crippen LogP contribution is 2.27. The molecule has 0 saturated carbocycles. The van der Waals surface area contributed by atoms with E-state index in [1.165, 1.54) is 0 Å². The van der Waals surface area contributed by atoms with Gasteiger partial charge < -0.3 is 10.1 Å². The van der Waals surface area contributed by atoms with Gasteiger partial charge in [0.05, 0.1) is 24.0 Å². The lowest BCUT2D eigenvalue weighted by Gasteiger charge is -2.18. The van der Waals surface area contributed by atoms with Crippen molar-refractivity contribution in [3.63, 3.8) is 0 Å². The van der Waals surface area contributed by atoms with Gasteiger partial charge in [0.25, 0.3) is 0 Å². The molecule has 0 aliphatic carbocycles. The normalized spacial score (nSPS) is 12.2. The van der Waals surface area contributed by atoms with Gasteiger partial charge in [0.1, 0.15) is 5.75 Å². The molecule has 4 heteroatoms. The van der Waals surface area contributed by atoms with Crippen LogP contribution in [0.5, 0.6) is 5.75 Å². The molecule has 1 heterocycles. The molecule has 1 aromatic heterocycles. The van der Waals surface area contributed by atoms with Crippen LogP contribution < -0.4 is 10.1 Å². The summed E-state index contributed by atoms with van der Waals surface area (Å²) in [5.41, 5.74) is 2.15. The highest BCUT2D eigenvalue weighted by molar-refractivity contribution is 5.57. The number of para-hydroxylation sites is 2. The van der Waals surface area contributed by atoms with Crippen LogP contribution in [0.2, 0.25) is 0 Å². The van der Waals surface area contributed by atoms with Gasteiger partial charge in [-0.05, 0) is 32.0 Å². The van der Waals surface area contributed by atoms with E-state index in [9.17, 15) is 0 Å². The molecule has 18 heavy (non-hydrogen) atoms. The third-order valence-electron chi connectivity index (χ3n) is 2.86. The van der Waals surface area contributed by atoms with E-state index in [0.717, 1.165) is 17.1 Å². The van der Waals surface area contributed by atoms with Crippen molar-refractivity contribution in [1.82, 2.24) is 9.78 Å². The van der Waals surface area contributed by atoms with Crippen LogP contribution in [0.15, 0.2) is 36.5 Å². The van der Waals surface area contributed by atoms with E-state index in [1.807, 2.05) is 55.2 Å². The zero-order chi connectivity index (χ0) is 13.0. The number of aromatic nitrogens is 2. The van der Waals surface area contributed by atoms with Gasteiger partial charge in [-0.25, -0.2) is 0 Å². The summed E-state index contributed by atoms with van der Waals surface area (Å²) in [6.07, 6.45) is 1.81. The van der Waals surface area contributed by atoms with Crippen molar-refractivity contribution >= 4 is 5.69 Å². The third kappa shape index (κ3) is 2.64. The number of benzene rings is 1. The molecular weight excluding hydrogens is 226 g/mol. The zero-order valence-corrected chi connectivity index (χ0v) is 11.1. The minimum absolute atomic E-state index is 0.180. The van der Waals surface area contributed by atoms with E-state index in [0.29, 0.717) is 6.61 Å². The van der Waals surface area contributed by atoms with Crippen molar-refractivity contribution < 1.29 is 4.74 Å². The largest absolute Gasteiger partial charge is 0.492 e. The van der Waals surface area contributed by atoms with Gasteiger partial charge in [-0.3, -0.25) is 4.68 Å². The number of aryl methyl sites for hydroxylation is 1. The van der Waals surface area contributed by atoms with Crippen molar-refractivity contribution in [2.75, 3.05) is 11.9 Å². The fourth-order valence-corrected chi connectivity index (χ4v) is 1.98. The van der Waals surface area contributed by atoms with Gasteiger partial charge in [-0.15, -0.1) is 0 Å². The maximum Gasteiger partial charge on any atom is 0.142 e. The number of hydrogen-bond acceptors (Lipinski definition) is 3. The van der Waals surface area contributed by atoms with Gasteiger partial charge in [0.2, 0.25) is 0 Å². The zero-order valence-electron chi connectivity index (χ0n) is 11.1. The van der Waals surface area contributed by atoms with E-state index in [4.69, 9.17) is 4.74 Å². The molecular formula is C14H19N3O. The van der Waals surface area contributed by atoms with Crippen molar-refractivity contribution in [1.29, 1.82) is 0 Å². The van der Waals surface area contributed by atoms with Crippen molar-refractivity contribution in [3.05, 3.63) is 42.2 Å². The van der Waals surface area contributed by atoms with Crippen LogP contribution in [-0.4, -0.2) is 16.4 Å². The Bertz CT molecular complexity index is 507. The summed E-state index contributed by atoms with van der Waals surface area (Å²) in [7, 11) is 1.95. The fraction of sp³-hybridized carbons (Fsp3) is 0.357. The van der Waals surface area contributed by atoms with Crippen LogP contribution in [0.1, 0.15) is 25.6 Å². The predicted octanol–water partition coefficient (Wildman–Crippen LogP) is 2.99. The van der Waals surface area contributed by atoms with Gasteiger partial charge in [-0.2, -0.15) is 5.10 Å². The second-order valence-corrected chi connectivity index (χ2v) is 4.17. The summed E-state index contributed by atoms with van der Waals surface area (Å²) in [5, 5.41) is 7.64. The van der Waals surface area contributed by atoms with Gasteiger partial charge >= 0.3 is 0 Å². The Balaban J connectivity index is 2.16. The average molecular weight is 245 g/mol. The standard InChI is InChI=1S/C14H19N3O/c1-4-18-14-8-6-5-7-12(14)16-11(2)13-9-10-15-17(13)3/h5-11,16H,4H2,1-3H3. The summed E-state index contributed by atoms with van der Waals surface area (Å²) in [4.78, 5) is 0. The summed E-state index contributed by atoms with van der Waals surface area (Å²) in [5.74, 6) is 0.883. The first-order valence-corrected chi connectivity index (χ1v) is 6.18. The van der Waals surface area contributed by atoms with Crippen LogP contribution in [0, 0.1) is 0 Å². The molecule has 0 amide bonds. The van der Waals surface area contributed by atoms with Crippen LogP contribution in [0.4, 0.5) is 5.69 Å². The molecule has 0 fully saturated rings. The molecule has 1 unspecified atom stereocenters. The molecule has 0 bridgehead atoms. The molecule has 2 rings (SSSR count). The van der Waals surface area contributed by atoms with E-state index in [-0.39, 0.29) is 6.04 Å². The van der Waals surface area contributed by atoms with Crippen molar-refractivity contribution in [2.24, 2.45) is 7.05 Å². The quantitative estimate of drug-likeness (QED) is 0.880. The molecule has 2 aromatic rings. The maximum absolute atomic E-state index is 5.60. The minimum atomic E-state index is 0.180. The third-order valence-corrected chi connectivity index (χ3v) is 2.86. The number of hydrogen-bond donors (Lipinski definition) is 1. The Labute approximate surface area is 108 Å². The summed E-state index contributed by atoms with van der Waals surface area (Å²) in [6.45, 7) is 4.76. The summed E-state index contributed by atoms with van der Waals surface area (Å²) < 4.78 is 7.48. The Hall–Kier alpha value is -1.97. The Morgan fingerprint density at radius 2 is 2.11 bits per heavy atom. The lowest BCUT2D eigenvalue weighted by Crippen LogP contribution is -2.12. The molecule has 0 aliphatic heterocycles. The number of nitrogens with one attached hydrogen (secondary N) is 1. The predicted molar refractivity (Wildman–Crippen MR) is 72.9 cm³/mol. The van der Waals surface area contributed by atoms with Crippen LogP contribution in [-0.2, 0) is 7.05 Å². The Morgan fingerprint density at radius 1 is 1.33 bits per heavy atom. The molecule has 0 aliphatic rings. The molecule has 96 valence electrons. The average Bonchev–Trinajstić information content (AvgIpc) is 2.78. The fourth-order valence-electron chi connectivity index (χ4n) is 1.98. The summed E-state index contributed by atoms with van der Waals surface area (Å²) in [6, 6.07) is 10.2. The van der Waals surface area contributed by atoms with Crippen LogP contribution in [0.25, 0.3) is 0 Å². The van der Waals surface area contributed by atoms with E-state index >= 15 is 0 Å². The molecule has 1 aromatic carbocycles. The topological polar surface area (TPSA) is 39.1 Å². The van der Waals surface area contributed by atoms with Gasteiger partial charge in [-0.1, -0.05) is 12.1 Å². The van der Waals surface area contributed by atoms with Crippen molar-refractivity contribution in [2.45, 2.75) is 19.9 Å². The van der Waals surface area contributed by atoms with Crippen LogP contribution >= 0.6 is 0 Å². The van der Waals surface area contributed by atoms with Crippen LogP contribution in [0.3, 0.4) is 0 Å². The monoisotopic (exact) mass is 245 g/mol. The van der Waals surface area contributed by atoms with E-state index < -0.39 is 0 Å². The number of rotatable bonds is 5. The highest BCUT2D eigenvalue weighted by Gasteiger charge is 2.11. The number of ether oxygens (including phenoxy) is 1. The molecule has 1 atom stereocenters. The van der Waals surface area contributed by atoms with Gasteiger partial charge in [0.15, 0.2) is 0 Å². The lowest BCUT2D eigenvalue weighted by molar-refractivity contribution is 0.341. The molecule has 0 saturated heterocycles. The second-order valence-electron chi connectivity index (χ2n) is 4.17. The molecule has 0 radical (unpaired) electrons. The SMILES string of the molecule is CCOc1ccccc1NC(C)c1ccnn1C. The molecule has 0 spiro atoms. The van der Waals surface area contributed by atoms with Crippen molar-refractivity contribution in [3.8, 4) is 5.75 Å². The lowest BCUT2D eigenvalue weighted by atomic mass is 10.2. The van der Waals surface area contributed by atoms with Gasteiger partial charge in [0, 0.05) is 13.2 Å². The Morgan fingerprint density at radius 3 is 2.78 bits per heavy atom. The second kappa shape index (κ2) is 5.58. The number of anilines is 1. The Kier molecular flexibility index (Phi) is 3.87. The first kappa shape index (κ1) is 12.5. The van der Waals surface area contributed by atoms with E-state index in [2.05, 4.69) is 17.3 Å². The maximum atomic E-state index is 5.60. The summed E-state index contributed by atoms with van der Waals surface area (Å²) >= 11 is 0. The smallest absolute Gasteiger partial charge is 0.142 e. The highest BCUT2D eigenvalue weighted by atomic mass is 16.5.